The summed E-state index contributed by atoms with van der Waals surface area (Å²) < 4.78 is 5.00. The Kier molecular flexibility index (Phi) is 4.73. The number of amides is 1. The first-order valence-corrected chi connectivity index (χ1v) is 5.83. The largest absolute Gasteiger partial charge is 0.465 e. The van der Waals surface area contributed by atoms with Gasteiger partial charge in [0.2, 0.25) is 5.91 Å². The van der Waals surface area contributed by atoms with Crippen molar-refractivity contribution in [3.05, 3.63) is 0 Å². The van der Waals surface area contributed by atoms with Crippen LogP contribution in [0, 0.1) is 0 Å². The smallest absolute Gasteiger partial charge is 0.323 e. The second-order valence-corrected chi connectivity index (χ2v) is 3.97. The monoisotopic (exact) mass is 228 g/mol. The highest BCUT2D eigenvalue weighted by molar-refractivity contribution is 5.82. The number of nitrogens with zero attached hydrogens (tertiary/aromatic N) is 1. The van der Waals surface area contributed by atoms with E-state index in [0.717, 1.165) is 19.4 Å². The quantitative estimate of drug-likeness (QED) is 0.686. The van der Waals surface area contributed by atoms with Gasteiger partial charge < -0.3 is 10.5 Å². The Morgan fingerprint density at radius 1 is 1.50 bits per heavy atom. The van der Waals surface area contributed by atoms with Crippen molar-refractivity contribution in [2.24, 2.45) is 5.73 Å². The first-order valence-electron chi connectivity index (χ1n) is 5.83. The van der Waals surface area contributed by atoms with Crippen LogP contribution >= 0.6 is 0 Å². The molecule has 1 amide bonds. The Morgan fingerprint density at radius 2 is 2.19 bits per heavy atom. The zero-order valence-corrected chi connectivity index (χ0v) is 9.94. The van der Waals surface area contributed by atoms with Crippen LogP contribution in [0.15, 0.2) is 0 Å². The van der Waals surface area contributed by atoms with Crippen molar-refractivity contribution in [2.75, 3.05) is 13.2 Å². The van der Waals surface area contributed by atoms with Crippen molar-refractivity contribution < 1.29 is 14.3 Å². The second kappa shape index (κ2) is 5.84. The molecule has 0 aromatic carbocycles. The molecule has 5 heteroatoms. The van der Waals surface area contributed by atoms with Gasteiger partial charge in [0.15, 0.2) is 0 Å². The van der Waals surface area contributed by atoms with E-state index in [1.807, 2.05) is 11.8 Å². The van der Waals surface area contributed by atoms with E-state index in [-0.39, 0.29) is 24.0 Å². The summed E-state index contributed by atoms with van der Waals surface area (Å²) in [6, 6.07) is -0.644. The van der Waals surface area contributed by atoms with Crippen LogP contribution in [0.3, 0.4) is 0 Å². The molecule has 0 aliphatic carbocycles. The van der Waals surface area contributed by atoms with Gasteiger partial charge in [-0.15, -0.1) is 0 Å². The van der Waals surface area contributed by atoms with Gasteiger partial charge in [0, 0.05) is 0 Å². The molecule has 0 aromatic heterocycles. The zero-order chi connectivity index (χ0) is 12.1. The number of carbonyl (C=O) groups is 2. The van der Waals surface area contributed by atoms with E-state index in [4.69, 9.17) is 10.5 Å². The molecule has 16 heavy (non-hydrogen) atoms. The van der Waals surface area contributed by atoms with E-state index in [2.05, 4.69) is 0 Å². The summed E-state index contributed by atoms with van der Waals surface area (Å²) in [5, 5.41) is 0. The van der Waals surface area contributed by atoms with Crippen LogP contribution in [0.5, 0.6) is 0 Å². The lowest BCUT2D eigenvalue weighted by atomic mass is 10.1. The third-order valence-corrected chi connectivity index (χ3v) is 2.97. The third-order valence-electron chi connectivity index (χ3n) is 2.97. The summed E-state index contributed by atoms with van der Waals surface area (Å²) >= 11 is 0. The molecule has 1 aliphatic rings. The van der Waals surface area contributed by atoms with E-state index >= 15 is 0 Å². The molecule has 1 heterocycles. The van der Waals surface area contributed by atoms with Gasteiger partial charge in [-0.25, -0.2) is 0 Å². The van der Waals surface area contributed by atoms with Crippen LogP contribution in [0.2, 0.25) is 0 Å². The number of rotatable bonds is 5. The Bertz CT molecular complexity index is 268. The number of primary amides is 1. The maximum Gasteiger partial charge on any atom is 0.323 e. The molecule has 2 atom stereocenters. The number of carbonyl (C=O) groups excluding carboxylic acids is 2. The van der Waals surface area contributed by atoms with Gasteiger partial charge in [-0.2, -0.15) is 0 Å². The molecule has 0 spiro atoms. The predicted molar refractivity (Wildman–Crippen MR) is 59.6 cm³/mol. The average Bonchev–Trinajstić information content (AvgIpc) is 2.67. The molecule has 1 fully saturated rings. The summed E-state index contributed by atoms with van der Waals surface area (Å²) in [6.45, 7) is 4.79. The number of hydrogen-bond donors (Lipinski definition) is 1. The average molecular weight is 228 g/mol. The van der Waals surface area contributed by atoms with Crippen molar-refractivity contribution in [3.63, 3.8) is 0 Å². The molecule has 1 aliphatic heterocycles. The standard InChI is InChI=1S/C11H20N2O3/c1-3-8(10(12)14)13-7-5-6-9(13)11(15)16-4-2/h8-9H,3-7H2,1-2H3,(H2,12,14). The molecule has 0 aromatic rings. The van der Waals surface area contributed by atoms with E-state index in [9.17, 15) is 9.59 Å². The van der Waals surface area contributed by atoms with Crippen molar-refractivity contribution in [1.29, 1.82) is 0 Å². The lowest BCUT2D eigenvalue weighted by Gasteiger charge is -2.28. The number of likely N-dealkylation sites (tertiary alicyclic amines) is 1. The fourth-order valence-corrected chi connectivity index (χ4v) is 2.25. The van der Waals surface area contributed by atoms with Crippen LogP contribution < -0.4 is 5.73 Å². The number of ether oxygens (including phenoxy) is 1. The number of hydrogen-bond acceptors (Lipinski definition) is 4. The van der Waals surface area contributed by atoms with E-state index in [1.54, 1.807) is 6.92 Å². The highest BCUT2D eigenvalue weighted by Gasteiger charge is 2.37. The first kappa shape index (κ1) is 13.0. The Hall–Kier alpha value is -1.10. The van der Waals surface area contributed by atoms with Gasteiger partial charge in [-0.05, 0) is 32.7 Å². The molecule has 1 rings (SSSR count). The van der Waals surface area contributed by atoms with Crippen molar-refractivity contribution in [3.8, 4) is 0 Å². The molecular formula is C11H20N2O3. The zero-order valence-electron chi connectivity index (χ0n) is 9.94. The maximum absolute atomic E-state index is 11.7. The first-order chi connectivity index (χ1) is 7.61. The van der Waals surface area contributed by atoms with Crippen LogP contribution in [-0.2, 0) is 14.3 Å². The normalized spacial score (nSPS) is 23.0. The molecule has 1 saturated heterocycles. The van der Waals surface area contributed by atoms with Crippen molar-refractivity contribution >= 4 is 11.9 Å². The number of esters is 1. The van der Waals surface area contributed by atoms with Gasteiger partial charge >= 0.3 is 5.97 Å². The van der Waals surface area contributed by atoms with E-state index in [1.165, 1.54) is 0 Å². The summed E-state index contributed by atoms with van der Waals surface area (Å²) in [5.74, 6) is -0.599. The van der Waals surface area contributed by atoms with E-state index < -0.39 is 0 Å². The SMILES string of the molecule is CCOC(=O)C1CCCN1C(CC)C(N)=O. The summed E-state index contributed by atoms with van der Waals surface area (Å²) in [4.78, 5) is 24.8. The van der Waals surface area contributed by atoms with Gasteiger partial charge in [-0.3, -0.25) is 14.5 Å². The van der Waals surface area contributed by atoms with Gasteiger partial charge in [-0.1, -0.05) is 6.92 Å². The molecule has 0 bridgehead atoms. The molecule has 92 valence electrons. The van der Waals surface area contributed by atoms with Gasteiger partial charge in [0.25, 0.3) is 0 Å². The molecule has 5 nitrogen and oxygen atoms in total. The molecule has 2 N–H and O–H groups in total. The maximum atomic E-state index is 11.7. The fraction of sp³-hybridized carbons (Fsp3) is 0.818. The van der Waals surface area contributed by atoms with Crippen LogP contribution in [0.4, 0.5) is 0 Å². The van der Waals surface area contributed by atoms with Crippen molar-refractivity contribution in [2.45, 2.75) is 45.2 Å². The summed E-state index contributed by atoms with van der Waals surface area (Å²) in [6.07, 6.45) is 2.29. The summed E-state index contributed by atoms with van der Waals surface area (Å²) in [5.41, 5.74) is 5.33. The van der Waals surface area contributed by atoms with E-state index in [0.29, 0.717) is 13.0 Å². The molecule has 0 radical (unpaired) electrons. The minimum atomic E-state index is -0.362. The highest BCUT2D eigenvalue weighted by atomic mass is 16.5. The highest BCUT2D eigenvalue weighted by Crippen LogP contribution is 2.22. The lowest BCUT2D eigenvalue weighted by Crippen LogP contribution is -2.49. The Balaban J connectivity index is 2.70. The van der Waals surface area contributed by atoms with Crippen LogP contribution in [-0.4, -0.2) is 42.0 Å². The van der Waals surface area contributed by atoms with Crippen LogP contribution in [0.25, 0.3) is 0 Å². The van der Waals surface area contributed by atoms with Crippen LogP contribution in [0.1, 0.15) is 33.1 Å². The molecular weight excluding hydrogens is 208 g/mol. The minimum absolute atomic E-state index is 0.236. The van der Waals surface area contributed by atoms with Gasteiger partial charge in [0.05, 0.1) is 12.6 Å². The van der Waals surface area contributed by atoms with Gasteiger partial charge in [0.1, 0.15) is 6.04 Å². The Labute approximate surface area is 95.9 Å². The summed E-state index contributed by atoms with van der Waals surface area (Å²) in [7, 11) is 0. The fourth-order valence-electron chi connectivity index (χ4n) is 2.25. The topological polar surface area (TPSA) is 72.6 Å². The second-order valence-electron chi connectivity index (χ2n) is 3.97. The van der Waals surface area contributed by atoms with Crippen molar-refractivity contribution in [1.82, 2.24) is 4.90 Å². The lowest BCUT2D eigenvalue weighted by molar-refractivity contribution is -0.149. The number of nitrogens with two attached hydrogens (primary N) is 1. The predicted octanol–water partition coefficient (Wildman–Crippen LogP) is 0.278. The Morgan fingerprint density at radius 3 is 2.69 bits per heavy atom. The molecule has 2 unspecified atom stereocenters. The minimum Gasteiger partial charge on any atom is -0.465 e. The third kappa shape index (κ3) is 2.72. The molecule has 0 saturated carbocycles.